The molecule has 1 aromatic heterocycles. The van der Waals surface area contributed by atoms with Crippen LogP contribution in [0.5, 0.6) is 0 Å². The summed E-state index contributed by atoms with van der Waals surface area (Å²) in [5.74, 6) is 0.0841. The number of halogens is 1. The van der Waals surface area contributed by atoms with Crippen LogP contribution in [-0.2, 0) is 11.3 Å². The minimum atomic E-state index is 0.0841. The fraction of sp³-hybridized carbons (Fsp3) is 0.333. The number of methoxy groups -OCH3 is 1. The van der Waals surface area contributed by atoms with Gasteiger partial charge in [0.1, 0.15) is 0 Å². The first kappa shape index (κ1) is 14.8. The van der Waals surface area contributed by atoms with Gasteiger partial charge in [0, 0.05) is 24.2 Å². The molecule has 20 heavy (non-hydrogen) atoms. The number of aromatic nitrogens is 2. The number of nitrogens with zero attached hydrogens (tertiary/aromatic N) is 2. The Hall–Kier alpha value is -1.65. The molecule has 0 aliphatic heterocycles. The summed E-state index contributed by atoms with van der Waals surface area (Å²) in [6, 6.07) is 7.60. The summed E-state index contributed by atoms with van der Waals surface area (Å²) in [7, 11) is 1.64. The minimum absolute atomic E-state index is 0.0841. The molecule has 0 radical (unpaired) electrons. The Morgan fingerprint density at radius 1 is 1.50 bits per heavy atom. The SMILES string of the molecule is COCC(C)c1nn(Cc2cccc(Cl)c2)cc1C=O. The highest BCUT2D eigenvalue weighted by Crippen LogP contribution is 2.18. The van der Waals surface area contributed by atoms with Crippen LogP contribution in [0.25, 0.3) is 0 Å². The molecule has 0 aliphatic rings. The first-order valence-corrected chi connectivity index (χ1v) is 6.77. The van der Waals surface area contributed by atoms with Crippen molar-refractivity contribution in [1.29, 1.82) is 0 Å². The molecule has 1 heterocycles. The lowest BCUT2D eigenvalue weighted by molar-refractivity contribution is 0.112. The molecule has 0 bridgehead atoms. The molecule has 1 atom stereocenters. The van der Waals surface area contributed by atoms with Gasteiger partial charge in [-0.2, -0.15) is 5.10 Å². The molecular formula is C15H17ClN2O2. The Morgan fingerprint density at radius 2 is 2.30 bits per heavy atom. The number of ether oxygens (including phenoxy) is 1. The smallest absolute Gasteiger partial charge is 0.153 e. The summed E-state index contributed by atoms with van der Waals surface area (Å²) in [5, 5.41) is 5.18. The second kappa shape index (κ2) is 6.68. The highest BCUT2D eigenvalue weighted by molar-refractivity contribution is 6.30. The van der Waals surface area contributed by atoms with Crippen molar-refractivity contribution in [3.05, 3.63) is 52.3 Å². The van der Waals surface area contributed by atoms with Crippen molar-refractivity contribution >= 4 is 17.9 Å². The van der Waals surface area contributed by atoms with Gasteiger partial charge in [0.2, 0.25) is 0 Å². The molecule has 2 aromatic rings. The van der Waals surface area contributed by atoms with E-state index >= 15 is 0 Å². The van der Waals surface area contributed by atoms with Gasteiger partial charge >= 0.3 is 0 Å². The molecule has 0 N–H and O–H groups in total. The van der Waals surface area contributed by atoms with E-state index in [0.717, 1.165) is 17.5 Å². The molecule has 4 nitrogen and oxygen atoms in total. The summed E-state index contributed by atoms with van der Waals surface area (Å²) in [6.07, 6.45) is 2.60. The highest BCUT2D eigenvalue weighted by atomic mass is 35.5. The fourth-order valence-corrected chi connectivity index (χ4v) is 2.37. The zero-order valence-corrected chi connectivity index (χ0v) is 12.3. The van der Waals surface area contributed by atoms with Gasteiger partial charge in [0.15, 0.2) is 6.29 Å². The van der Waals surface area contributed by atoms with E-state index < -0.39 is 0 Å². The van der Waals surface area contributed by atoms with E-state index in [4.69, 9.17) is 16.3 Å². The van der Waals surface area contributed by atoms with E-state index in [1.807, 2.05) is 31.2 Å². The van der Waals surface area contributed by atoms with Gasteiger partial charge in [0.25, 0.3) is 0 Å². The first-order chi connectivity index (χ1) is 9.63. The van der Waals surface area contributed by atoms with E-state index in [1.54, 1.807) is 18.0 Å². The van der Waals surface area contributed by atoms with Crippen molar-refractivity contribution in [3.8, 4) is 0 Å². The lowest BCUT2D eigenvalue weighted by Crippen LogP contribution is -2.06. The molecule has 5 heteroatoms. The molecule has 0 saturated heterocycles. The maximum atomic E-state index is 11.1. The lowest BCUT2D eigenvalue weighted by Gasteiger charge is -2.07. The van der Waals surface area contributed by atoms with Crippen LogP contribution >= 0.6 is 11.6 Å². The average molecular weight is 293 g/mol. The largest absolute Gasteiger partial charge is 0.384 e. The molecule has 0 saturated carbocycles. The Balaban J connectivity index is 2.23. The van der Waals surface area contributed by atoms with Crippen LogP contribution in [0.3, 0.4) is 0 Å². The van der Waals surface area contributed by atoms with Crippen LogP contribution in [0.15, 0.2) is 30.5 Å². The summed E-state index contributed by atoms with van der Waals surface area (Å²) in [4.78, 5) is 11.1. The van der Waals surface area contributed by atoms with Crippen molar-refractivity contribution in [2.45, 2.75) is 19.4 Å². The van der Waals surface area contributed by atoms with Crippen LogP contribution in [0.2, 0.25) is 5.02 Å². The summed E-state index contributed by atoms with van der Waals surface area (Å²) in [6.45, 7) is 3.11. The maximum Gasteiger partial charge on any atom is 0.153 e. The predicted octanol–water partition coefficient (Wildman–Crippen LogP) is 3.15. The minimum Gasteiger partial charge on any atom is -0.384 e. The van der Waals surface area contributed by atoms with Crippen LogP contribution in [0, 0.1) is 0 Å². The monoisotopic (exact) mass is 292 g/mol. The van der Waals surface area contributed by atoms with Crippen LogP contribution < -0.4 is 0 Å². The number of aldehydes is 1. The van der Waals surface area contributed by atoms with Crippen molar-refractivity contribution in [2.24, 2.45) is 0 Å². The molecule has 1 unspecified atom stereocenters. The van der Waals surface area contributed by atoms with Crippen molar-refractivity contribution in [1.82, 2.24) is 9.78 Å². The van der Waals surface area contributed by atoms with Gasteiger partial charge in [-0.25, -0.2) is 0 Å². The van der Waals surface area contributed by atoms with Crippen LogP contribution in [0.1, 0.15) is 34.5 Å². The predicted molar refractivity (Wildman–Crippen MR) is 78.5 cm³/mol. The normalized spacial score (nSPS) is 12.3. The number of carbonyl (C=O) groups excluding carboxylic acids is 1. The maximum absolute atomic E-state index is 11.1. The Bertz CT molecular complexity index is 595. The summed E-state index contributed by atoms with van der Waals surface area (Å²) in [5.41, 5.74) is 2.42. The number of rotatable bonds is 6. The second-order valence-electron chi connectivity index (χ2n) is 4.77. The third kappa shape index (κ3) is 3.46. The molecule has 0 spiro atoms. The topological polar surface area (TPSA) is 44.1 Å². The van der Waals surface area contributed by atoms with E-state index in [-0.39, 0.29) is 5.92 Å². The number of carbonyl (C=O) groups is 1. The Labute approximate surface area is 123 Å². The zero-order valence-electron chi connectivity index (χ0n) is 11.5. The van der Waals surface area contributed by atoms with Crippen LogP contribution in [0.4, 0.5) is 0 Å². The molecule has 106 valence electrons. The molecule has 0 fully saturated rings. The van der Waals surface area contributed by atoms with Gasteiger partial charge in [-0.05, 0) is 17.7 Å². The van der Waals surface area contributed by atoms with Crippen LogP contribution in [-0.4, -0.2) is 29.8 Å². The van der Waals surface area contributed by atoms with E-state index in [9.17, 15) is 4.79 Å². The van der Waals surface area contributed by atoms with E-state index in [1.165, 1.54) is 0 Å². The van der Waals surface area contributed by atoms with E-state index in [2.05, 4.69) is 5.10 Å². The van der Waals surface area contributed by atoms with Gasteiger partial charge in [-0.3, -0.25) is 9.48 Å². The number of benzene rings is 1. The Morgan fingerprint density at radius 3 is 2.95 bits per heavy atom. The molecule has 1 aromatic carbocycles. The molecule has 0 aliphatic carbocycles. The third-order valence-electron chi connectivity index (χ3n) is 3.06. The standard InChI is InChI=1S/C15H17ClN2O2/c1-11(10-20-2)15-13(9-19)8-18(17-15)7-12-4-3-5-14(16)6-12/h3-6,8-9,11H,7,10H2,1-2H3. The second-order valence-corrected chi connectivity index (χ2v) is 5.21. The number of hydrogen-bond acceptors (Lipinski definition) is 3. The Kier molecular flexibility index (Phi) is 4.93. The van der Waals surface area contributed by atoms with Gasteiger partial charge < -0.3 is 4.74 Å². The highest BCUT2D eigenvalue weighted by Gasteiger charge is 2.15. The fourth-order valence-electron chi connectivity index (χ4n) is 2.16. The van der Waals surface area contributed by atoms with Gasteiger partial charge in [-0.1, -0.05) is 30.7 Å². The first-order valence-electron chi connectivity index (χ1n) is 6.40. The summed E-state index contributed by atoms with van der Waals surface area (Å²) >= 11 is 5.96. The molecular weight excluding hydrogens is 276 g/mol. The van der Waals surface area contributed by atoms with Gasteiger partial charge in [0.05, 0.1) is 24.4 Å². The summed E-state index contributed by atoms with van der Waals surface area (Å²) < 4.78 is 6.88. The van der Waals surface area contributed by atoms with Crippen molar-refractivity contribution < 1.29 is 9.53 Å². The van der Waals surface area contributed by atoms with Gasteiger partial charge in [-0.15, -0.1) is 0 Å². The molecule has 2 rings (SSSR count). The third-order valence-corrected chi connectivity index (χ3v) is 3.30. The van der Waals surface area contributed by atoms with Crippen molar-refractivity contribution in [2.75, 3.05) is 13.7 Å². The zero-order chi connectivity index (χ0) is 14.5. The van der Waals surface area contributed by atoms with E-state index in [0.29, 0.717) is 23.7 Å². The number of hydrogen-bond donors (Lipinski definition) is 0. The quantitative estimate of drug-likeness (QED) is 0.768. The lowest BCUT2D eigenvalue weighted by atomic mass is 10.1. The molecule has 0 amide bonds. The average Bonchev–Trinajstić information content (AvgIpc) is 2.82. The van der Waals surface area contributed by atoms with Crippen molar-refractivity contribution in [3.63, 3.8) is 0 Å².